The van der Waals surface area contributed by atoms with Crippen LogP contribution in [0.5, 0.6) is 0 Å². The Bertz CT molecular complexity index is 1490. The Morgan fingerprint density at radius 2 is 1.62 bits per heavy atom. The van der Waals surface area contributed by atoms with Crippen LogP contribution in [0.4, 0.5) is 10.1 Å². The molecule has 3 aromatic carbocycles. The molecule has 1 aliphatic heterocycles. The van der Waals surface area contributed by atoms with Gasteiger partial charge in [0, 0.05) is 42.8 Å². The highest BCUT2D eigenvalue weighted by atomic mass is 32.2. The van der Waals surface area contributed by atoms with Gasteiger partial charge in [0.1, 0.15) is 5.82 Å². The van der Waals surface area contributed by atoms with Gasteiger partial charge >= 0.3 is 0 Å². The van der Waals surface area contributed by atoms with E-state index in [1.54, 1.807) is 36.5 Å². The molecule has 2 heterocycles. The summed E-state index contributed by atoms with van der Waals surface area (Å²) >= 11 is 0. The molecule has 208 valence electrons. The lowest BCUT2D eigenvalue weighted by Crippen LogP contribution is -2.36. The smallest absolute Gasteiger partial charge is 0.294 e. The third-order valence-corrected chi connectivity index (χ3v) is 7.03. The largest absolute Gasteiger partial charge is 0.378 e. The van der Waals surface area contributed by atoms with Crippen LogP contribution >= 0.6 is 0 Å². The maximum atomic E-state index is 13.2. The number of halogens is 1. The molecule has 0 unspecified atom stereocenters. The number of rotatable bonds is 7. The van der Waals surface area contributed by atoms with E-state index >= 15 is 0 Å². The van der Waals surface area contributed by atoms with Crippen molar-refractivity contribution in [1.82, 2.24) is 10.3 Å². The van der Waals surface area contributed by atoms with Crippen molar-refractivity contribution in [2.24, 2.45) is 0 Å². The predicted octanol–water partition coefficient (Wildman–Crippen LogP) is 4.52. The first-order valence-corrected chi connectivity index (χ1v) is 14.1. The molecule has 5 rings (SSSR count). The molecule has 0 saturated carbocycles. The van der Waals surface area contributed by atoms with E-state index in [0.717, 1.165) is 43.0 Å². The molecule has 1 fully saturated rings. The van der Waals surface area contributed by atoms with Crippen molar-refractivity contribution >= 4 is 21.7 Å². The minimum Gasteiger partial charge on any atom is -0.378 e. The van der Waals surface area contributed by atoms with E-state index in [0.29, 0.717) is 12.2 Å². The van der Waals surface area contributed by atoms with Gasteiger partial charge in [-0.15, -0.1) is 0 Å². The molecule has 1 saturated heterocycles. The number of anilines is 1. The number of benzene rings is 3. The second-order valence-electron chi connectivity index (χ2n) is 9.06. The van der Waals surface area contributed by atoms with Crippen LogP contribution in [0.15, 0.2) is 102 Å². The number of nitrogens with zero attached hydrogens (tertiary/aromatic N) is 2. The van der Waals surface area contributed by atoms with E-state index in [1.807, 2.05) is 12.1 Å². The van der Waals surface area contributed by atoms with Crippen LogP contribution in [0.25, 0.3) is 11.1 Å². The van der Waals surface area contributed by atoms with Gasteiger partial charge in [0.15, 0.2) is 0 Å². The van der Waals surface area contributed by atoms with Crippen LogP contribution in [0.3, 0.4) is 0 Å². The molecule has 0 spiro atoms. The van der Waals surface area contributed by atoms with Gasteiger partial charge in [-0.25, -0.2) is 4.39 Å². The van der Waals surface area contributed by atoms with Crippen molar-refractivity contribution in [3.05, 3.63) is 114 Å². The van der Waals surface area contributed by atoms with Gasteiger partial charge in [0.05, 0.1) is 24.5 Å². The molecule has 1 amide bonds. The summed E-state index contributed by atoms with van der Waals surface area (Å²) in [7, 11) is -4.00. The van der Waals surface area contributed by atoms with Crippen molar-refractivity contribution in [1.29, 1.82) is 0 Å². The molecule has 0 aliphatic carbocycles. The number of hydrogen-bond donors (Lipinski definition) is 2. The van der Waals surface area contributed by atoms with Gasteiger partial charge in [-0.3, -0.25) is 14.3 Å². The lowest BCUT2D eigenvalue weighted by Gasteiger charge is -2.28. The van der Waals surface area contributed by atoms with Gasteiger partial charge in [-0.1, -0.05) is 48.5 Å². The molecular weight excluding hydrogens is 533 g/mol. The molecule has 8 nitrogen and oxygen atoms in total. The fourth-order valence-corrected chi connectivity index (χ4v) is 4.55. The number of carbonyl (C=O) groups excluding carboxylic acids is 1. The Balaban J connectivity index is 0.000000312. The summed E-state index contributed by atoms with van der Waals surface area (Å²) in [4.78, 5) is 18.8. The normalized spacial score (nSPS) is 13.2. The summed E-state index contributed by atoms with van der Waals surface area (Å²) in [6.45, 7) is 3.66. The number of ether oxygens (including phenoxy) is 1. The molecule has 0 radical (unpaired) electrons. The number of pyridine rings is 1. The van der Waals surface area contributed by atoms with Crippen molar-refractivity contribution < 1.29 is 26.9 Å². The number of morpholine rings is 1. The summed E-state index contributed by atoms with van der Waals surface area (Å²) in [6, 6.07) is 25.9. The van der Waals surface area contributed by atoms with Crippen molar-refractivity contribution in [2.45, 2.75) is 17.9 Å². The van der Waals surface area contributed by atoms with E-state index in [2.05, 4.69) is 39.5 Å². The monoisotopic (exact) mass is 563 g/mol. The van der Waals surface area contributed by atoms with Crippen molar-refractivity contribution in [3.63, 3.8) is 0 Å². The first-order chi connectivity index (χ1) is 19.3. The number of carbonyl (C=O) groups is 1. The summed E-state index contributed by atoms with van der Waals surface area (Å²) in [5.41, 5.74) is 4.71. The van der Waals surface area contributed by atoms with Gasteiger partial charge < -0.3 is 15.0 Å². The molecule has 1 aromatic heterocycles. The van der Waals surface area contributed by atoms with Gasteiger partial charge in [-0.2, -0.15) is 8.42 Å². The number of aromatic nitrogens is 1. The van der Waals surface area contributed by atoms with Crippen LogP contribution in [0.1, 0.15) is 11.3 Å². The second kappa shape index (κ2) is 13.8. The summed E-state index contributed by atoms with van der Waals surface area (Å²) in [6.07, 6.45) is 1.98. The van der Waals surface area contributed by atoms with Crippen LogP contribution in [-0.4, -0.2) is 50.2 Å². The Labute approximate surface area is 233 Å². The zero-order valence-corrected chi connectivity index (χ0v) is 22.6. The maximum Gasteiger partial charge on any atom is 0.294 e. The fourth-order valence-electron chi connectivity index (χ4n) is 4.05. The number of nitrogens with one attached hydrogen (secondary N) is 1. The van der Waals surface area contributed by atoms with E-state index in [4.69, 9.17) is 9.29 Å². The Morgan fingerprint density at radius 3 is 2.23 bits per heavy atom. The topological polar surface area (TPSA) is 109 Å². The summed E-state index contributed by atoms with van der Waals surface area (Å²) < 4.78 is 47.8. The average Bonchev–Trinajstić information content (AvgIpc) is 2.98. The van der Waals surface area contributed by atoms with Crippen molar-refractivity contribution in [3.8, 4) is 11.1 Å². The molecule has 10 heteroatoms. The summed E-state index contributed by atoms with van der Waals surface area (Å²) in [5.74, 6) is -0.452. The third-order valence-electron chi connectivity index (χ3n) is 6.16. The molecule has 0 atom stereocenters. The zero-order chi connectivity index (χ0) is 28.4. The highest BCUT2D eigenvalue weighted by molar-refractivity contribution is 7.85. The van der Waals surface area contributed by atoms with Crippen LogP contribution in [0, 0.1) is 5.82 Å². The Hall–Kier alpha value is -4.12. The van der Waals surface area contributed by atoms with Gasteiger partial charge in [-0.05, 0) is 53.6 Å². The number of hydrogen-bond acceptors (Lipinski definition) is 6. The maximum absolute atomic E-state index is 13.2. The van der Waals surface area contributed by atoms with E-state index in [9.17, 15) is 17.6 Å². The standard InChI is InChI=1S/C24H24FN3O2.C6H6O3S/c25-21-3-1-2-18(14-21)16-27-24(29)15-22-7-4-20(17-26-22)19-5-8-23(9-6-19)28-10-12-30-13-11-28;7-10(8,9)6-4-2-1-3-5-6/h1-9,14,17H,10-13,15-16H2,(H,27,29);1-5H,(H,7,8,9). The van der Waals surface area contributed by atoms with Crippen LogP contribution in [0.2, 0.25) is 0 Å². The summed E-state index contributed by atoms with van der Waals surface area (Å²) in [5, 5.41) is 2.80. The average molecular weight is 564 g/mol. The minimum atomic E-state index is -4.00. The fraction of sp³-hybridized carbons (Fsp3) is 0.200. The second-order valence-corrected chi connectivity index (χ2v) is 10.5. The zero-order valence-electron chi connectivity index (χ0n) is 21.7. The molecule has 2 N–H and O–H groups in total. The van der Waals surface area contributed by atoms with Gasteiger partial charge in [0.25, 0.3) is 10.1 Å². The molecular formula is C30H30FN3O5S. The van der Waals surface area contributed by atoms with E-state index < -0.39 is 10.1 Å². The Morgan fingerprint density at radius 1 is 0.925 bits per heavy atom. The lowest BCUT2D eigenvalue weighted by molar-refractivity contribution is -0.120. The first kappa shape index (κ1) is 28.9. The minimum absolute atomic E-state index is 0.0741. The van der Waals surface area contributed by atoms with E-state index in [-0.39, 0.29) is 23.0 Å². The number of amides is 1. The lowest BCUT2D eigenvalue weighted by atomic mass is 10.1. The highest BCUT2D eigenvalue weighted by Crippen LogP contribution is 2.23. The van der Waals surface area contributed by atoms with E-state index in [1.165, 1.54) is 30.0 Å². The SMILES string of the molecule is O=C(Cc1ccc(-c2ccc(N3CCOCC3)cc2)cn1)NCc1cccc(F)c1.O=S(=O)(O)c1ccccc1. The van der Waals surface area contributed by atoms with Crippen LogP contribution in [-0.2, 0) is 32.6 Å². The third kappa shape index (κ3) is 8.70. The molecule has 0 bridgehead atoms. The quantitative estimate of drug-likeness (QED) is 0.319. The van der Waals surface area contributed by atoms with Crippen molar-refractivity contribution in [2.75, 3.05) is 31.2 Å². The molecule has 1 aliphatic rings. The Kier molecular flexibility index (Phi) is 9.96. The first-order valence-electron chi connectivity index (χ1n) is 12.7. The van der Waals surface area contributed by atoms with Crippen LogP contribution < -0.4 is 10.2 Å². The van der Waals surface area contributed by atoms with Gasteiger partial charge in [0.2, 0.25) is 5.91 Å². The highest BCUT2D eigenvalue weighted by Gasteiger charge is 2.11. The molecule has 4 aromatic rings. The predicted molar refractivity (Wildman–Crippen MR) is 151 cm³/mol. The molecule has 40 heavy (non-hydrogen) atoms.